The van der Waals surface area contributed by atoms with Gasteiger partial charge in [0.2, 0.25) is 0 Å². The predicted octanol–water partition coefficient (Wildman–Crippen LogP) is 0.418. The molecular formula is C9H18N2O. The van der Waals surface area contributed by atoms with Crippen molar-refractivity contribution in [2.75, 3.05) is 32.8 Å². The Kier molecular flexibility index (Phi) is 2.98. The fourth-order valence-electron chi connectivity index (χ4n) is 2.03. The quantitative estimate of drug-likeness (QED) is 0.617. The smallest absolute Gasteiger partial charge is 0.0598 e. The molecule has 0 aliphatic carbocycles. The summed E-state index contributed by atoms with van der Waals surface area (Å²) in [5.41, 5.74) is 0. The van der Waals surface area contributed by atoms with Crippen molar-refractivity contribution in [2.24, 2.45) is 0 Å². The average Bonchev–Trinajstić information content (AvgIpc) is 2.21. The van der Waals surface area contributed by atoms with Crippen molar-refractivity contribution in [3.05, 3.63) is 0 Å². The fraction of sp³-hybridized carbons (Fsp3) is 1.00. The summed E-state index contributed by atoms with van der Waals surface area (Å²) < 4.78 is 5.32. The van der Waals surface area contributed by atoms with Crippen molar-refractivity contribution >= 4 is 0 Å². The molecule has 2 heterocycles. The van der Waals surface area contributed by atoms with Crippen molar-refractivity contribution in [3.8, 4) is 0 Å². The van der Waals surface area contributed by atoms with Crippen LogP contribution in [0.3, 0.4) is 0 Å². The van der Waals surface area contributed by atoms with Crippen LogP contribution < -0.4 is 5.32 Å². The van der Waals surface area contributed by atoms with Crippen LogP contribution >= 0.6 is 0 Å². The number of hydrogen-bond donors (Lipinski definition) is 1. The first-order valence-electron chi connectivity index (χ1n) is 5.02. The summed E-state index contributed by atoms with van der Waals surface area (Å²) in [7, 11) is 0. The molecular weight excluding hydrogens is 152 g/mol. The Balaban J connectivity index is 1.80. The van der Waals surface area contributed by atoms with Crippen LogP contribution in [0, 0.1) is 0 Å². The lowest BCUT2D eigenvalue weighted by Gasteiger charge is -2.37. The van der Waals surface area contributed by atoms with Gasteiger partial charge in [0.05, 0.1) is 19.4 Å². The summed E-state index contributed by atoms with van der Waals surface area (Å²) in [4.78, 5) is 2.52. The molecule has 0 aromatic rings. The van der Waals surface area contributed by atoms with Crippen LogP contribution in [0.4, 0.5) is 0 Å². The Morgan fingerprint density at radius 2 is 2.00 bits per heavy atom. The molecule has 1 unspecified atom stereocenters. The van der Waals surface area contributed by atoms with Gasteiger partial charge < -0.3 is 10.1 Å². The third kappa shape index (κ3) is 1.97. The Morgan fingerprint density at radius 3 is 2.67 bits per heavy atom. The minimum absolute atomic E-state index is 0.641. The van der Waals surface area contributed by atoms with Crippen LogP contribution in [0.15, 0.2) is 0 Å². The van der Waals surface area contributed by atoms with Crippen molar-refractivity contribution in [2.45, 2.75) is 25.4 Å². The molecule has 2 fully saturated rings. The van der Waals surface area contributed by atoms with Crippen LogP contribution in [-0.4, -0.2) is 43.9 Å². The Labute approximate surface area is 74.1 Å². The molecule has 1 atom stereocenters. The lowest BCUT2D eigenvalue weighted by molar-refractivity contribution is 0.00255. The molecule has 0 saturated carbocycles. The van der Waals surface area contributed by atoms with E-state index in [1.165, 1.54) is 25.8 Å². The highest BCUT2D eigenvalue weighted by molar-refractivity contribution is 4.75. The first-order chi connectivity index (χ1) is 5.97. The highest BCUT2D eigenvalue weighted by Crippen LogP contribution is 2.12. The minimum Gasteiger partial charge on any atom is -0.379 e. The standard InChI is InChI=1S/C9H18N2O/c1-2-4-10-9(3-1)11-5-7-12-8-6-11/h9-10H,1-8H2. The number of piperidine rings is 1. The van der Waals surface area contributed by atoms with E-state index in [0.29, 0.717) is 6.17 Å². The van der Waals surface area contributed by atoms with Gasteiger partial charge in [-0.2, -0.15) is 0 Å². The van der Waals surface area contributed by atoms with E-state index >= 15 is 0 Å². The van der Waals surface area contributed by atoms with Gasteiger partial charge in [-0.3, -0.25) is 4.90 Å². The van der Waals surface area contributed by atoms with Crippen LogP contribution in [0.25, 0.3) is 0 Å². The number of rotatable bonds is 1. The summed E-state index contributed by atoms with van der Waals surface area (Å²) >= 11 is 0. The third-order valence-electron chi connectivity index (χ3n) is 2.77. The van der Waals surface area contributed by atoms with Crippen molar-refractivity contribution in [3.63, 3.8) is 0 Å². The summed E-state index contributed by atoms with van der Waals surface area (Å²) in [6.07, 6.45) is 4.69. The van der Waals surface area contributed by atoms with Gasteiger partial charge in [0.15, 0.2) is 0 Å². The molecule has 12 heavy (non-hydrogen) atoms. The van der Waals surface area contributed by atoms with Crippen molar-refractivity contribution in [1.82, 2.24) is 10.2 Å². The topological polar surface area (TPSA) is 24.5 Å². The highest BCUT2D eigenvalue weighted by atomic mass is 16.5. The molecule has 2 aliphatic heterocycles. The van der Waals surface area contributed by atoms with Crippen molar-refractivity contribution in [1.29, 1.82) is 0 Å². The molecule has 2 aliphatic rings. The van der Waals surface area contributed by atoms with E-state index in [1.54, 1.807) is 0 Å². The number of nitrogens with one attached hydrogen (secondary N) is 1. The van der Waals surface area contributed by atoms with E-state index in [0.717, 1.165) is 26.3 Å². The summed E-state index contributed by atoms with van der Waals surface area (Å²) in [5.74, 6) is 0. The zero-order chi connectivity index (χ0) is 8.23. The van der Waals surface area contributed by atoms with Gasteiger partial charge in [0, 0.05) is 13.1 Å². The second-order valence-corrected chi connectivity index (χ2v) is 3.61. The Hall–Kier alpha value is -0.120. The molecule has 0 amide bonds. The van der Waals surface area contributed by atoms with E-state index in [-0.39, 0.29) is 0 Å². The minimum atomic E-state index is 0.641. The molecule has 0 radical (unpaired) electrons. The van der Waals surface area contributed by atoms with Gasteiger partial charge in [0.1, 0.15) is 0 Å². The molecule has 3 heteroatoms. The average molecular weight is 170 g/mol. The lowest BCUT2D eigenvalue weighted by Crippen LogP contribution is -2.52. The SMILES string of the molecule is C1CCC(N2CCOCC2)NC1. The first-order valence-corrected chi connectivity index (χ1v) is 5.02. The summed E-state index contributed by atoms with van der Waals surface area (Å²) in [6.45, 7) is 5.24. The zero-order valence-corrected chi connectivity index (χ0v) is 7.59. The summed E-state index contributed by atoms with van der Waals surface area (Å²) in [6, 6.07) is 0. The zero-order valence-electron chi connectivity index (χ0n) is 7.59. The molecule has 70 valence electrons. The normalized spacial score (nSPS) is 33.5. The molecule has 0 bridgehead atoms. The lowest BCUT2D eigenvalue weighted by atomic mass is 10.1. The van der Waals surface area contributed by atoms with E-state index in [2.05, 4.69) is 10.2 Å². The molecule has 3 nitrogen and oxygen atoms in total. The van der Waals surface area contributed by atoms with E-state index in [4.69, 9.17) is 4.74 Å². The van der Waals surface area contributed by atoms with Gasteiger partial charge in [-0.25, -0.2) is 0 Å². The van der Waals surface area contributed by atoms with Gasteiger partial charge >= 0.3 is 0 Å². The Morgan fingerprint density at radius 1 is 1.17 bits per heavy atom. The number of morpholine rings is 1. The Bertz CT molecular complexity index is 112. The predicted molar refractivity (Wildman–Crippen MR) is 48.0 cm³/mol. The molecule has 0 aromatic heterocycles. The monoisotopic (exact) mass is 170 g/mol. The van der Waals surface area contributed by atoms with Crippen LogP contribution in [0.5, 0.6) is 0 Å². The van der Waals surface area contributed by atoms with E-state index < -0.39 is 0 Å². The number of ether oxygens (including phenoxy) is 1. The highest BCUT2D eigenvalue weighted by Gasteiger charge is 2.21. The second kappa shape index (κ2) is 4.21. The van der Waals surface area contributed by atoms with Gasteiger partial charge in [-0.05, 0) is 25.8 Å². The van der Waals surface area contributed by atoms with E-state index in [1.807, 2.05) is 0 Å². The second-order valence-electron chi connectivity index (χ2n) is 3.61. The maximum absolute atomic E-state index is 5.32. The maximum Gasteiger partial charge on any atom is 0.0598 e. The van der Waals surface area contributed by atoms with Gasteiger partial charge in [-0.1, -0.05) is 0 Å². The van der Waals surface area contributed by atoms with Gasteiger partial charge in [0.25, 0.3) is 0 Å². The number of hydrogen-bond acceptors (Lipinski definition) is 3. The number of nitrogens with zero attached hydrogens (tertiary/aromatic N) is 1. The van der Waals surface area contributed by atoms with Crippen LogP contribution in [0.1, 0.15) is 19.3 Å². The van der Waals surface area contributed by atoms with E-state index in [9.17, 15) is 0 Å². The summed E-state index contributed by atoms with van der Waals surface area (Å²) in [5, 5.41) is 3.56. The molecule has 0 spiro atoms. The fourth-order valence-corrected chi connectivity index (χ4v) is 2.03. The molecule has 1 N–H and O–H groups in total. The third-order valence-corrected chi connectivity index (χ3v) is 2.77. The maximum atomic E-state index is 5.32. The largest absolute Gasteiger partial charge is 0.379 e. The molecule has 0 aromatic carbocycles. The molecule has 2 saturated heterocycles. The van der Waals surface area contributed by atoms with Crippen molar-refractivity contribution < 1.29 is 4.74 Å². The van der Waals surface area contributed by atoms with Gasteiger partial charge in [-0.15, -0.1) is 0 Å². The van der Waals surface area contributed by atoms with Crippen LogP contribution in [-0.2, 0) is 4.74 Å². The first kappa shape index (κ1) is 8.48. The van der Waals surface area contributed by atoms with Crippen LogP contribution in [0.2, 0.25) is 0 Å². The molecule has 2 rings (SSSR count).